The van der Waals surface area contributed by atoms with Gasteiger partial charge in [-0.2, -0.15) is 0 Å². The van der Waals surface area contributed by atoms with E-state index in [4.69, 9.17) is 20.8 Å². The highest BCUT2D eigenvalue weighted by atomic mass is 35.5. The number of ether oxygens (including phenoxy) is 1. The topological polar surface area (TPSA) is 39.4 Å². The van der Waals surface area contributed by atoms with Gasteiger partial charge in [0.05, 0.1) is 0 Å². The number of benzene rings is 1. The fraction of sp³-hybridized carbons (Fsp3) is 0.357. The Hall–Kier alpha value is -1.55. The first kappa shape index (κ1) is 13.9. The van der Waals surface area contributed by atoms with Crippen LogP contribution < -0.4 is 10.4 Å². The third-order valence-electron chi connectivity index (χ3n) is 2.50. The normalized spacial score (nSPS) is 11.9. The molecule has 1 aromatic carbocycles. The van der Waals surface area contributed by atoms with Crippen molar-refractivity contribution in [2.75, 3.05) is 0 Å². The smallest absolute Gasteiger partial charge is 0.336 e. The second-order valence-electron chi connectivity index (χ2n) is 5.34. The summed E-state index contributed by atoms with van der Waals surface area (Å²) in [5, 5.41) is 0.439. The van der Waals surface area contributed by atoms with E-state index in [1.54, 1.807) is 27.7 Å². The number of halogens is 2. The number of rotatable bonds is 1. The fourth-order valence-electron chi connectivity index (χ4n) is 1.76. The van der Waals surface area contributed by atoms with Gasteiger partial charge in [-0.15, -0.1) is 0 Å². The Kier molecular flexibility index (Phi) is 3.31. The molecule has 0 aliphatic rings. The summed E-state index contributed by atoms with van der Waals surface area (Å²) in [4.78, 5) is 11.4. The molecule has 1 heterocycles. The summed E-state index contributed by atoms with van der Waals surface area (Å²) in [6, 6.07) is 2.56. The summed E-state index contributed by atoms with van der Waals surface area (Å²) in [7, 11) is 0. The third-order valence-corrected chi connectivity index (χ3v) is 2.84. The molecule has 0 saturated carbocycles. The molecular weight excluding hydrogens is 271 g/mol. The van der Waals surface area contributed by atoms with Gasteiger partial charge in [-0.1, -0.05) is 11.6 Å². The van der Waals surface area contributed by atoms with E-state index >= 15 is 0 Å². The van der Waals surface area contributed by atoms with Crippen LogP contribution in [0.4, 0.5) is 4.39 Å². The minimum absolute atomic E-state index is 0.0225. The second kappa shape index (κ2) is 4.53. The Morgan fingerprint density at radius 3 is 2.53 bits per heavy atom. The number of fused-ring (bicyclic) bond motifs is 1. The molecule has 0 aliphatic heterocycles. The van der Waals surface area contributed by atoms with Crippen LogP contribution in [-0.4, -0.2) is 5.60 Å². The van der Waals surface area contributed by atoms with Crippen molar-refractivity contribution >= 4 is 22.6 Å². The Labute approximate surface area is 114 Å². The molecule has 3 nitrogen and oxygen atoms in total. The zero-order valence-electron chi connectivity index (χ0n) is 11.1. The zero-order valence-corrected chi connectivity index (χ0v) is 11.9. The molecule has 2 aromatic rings. The van der Waals surface area contributed by atoms with E-state index in [0.717, 1.165) is 0 Å². The van der Waals surface area contributed by atoms with Crippen LogP contribution in [-0.2, 0) is 0 Å². The van der Waals surface area contributed by atoms with E-state index in [1.165, 1.54) is 12.1 Å². The van der Waals surface area contributed by atoms with Crippen LogP contribution in [0.5, 0.6) is 5.75 Å². The highest BCUT2D eigenvalue weighted by Crippen LogP contribution is 2.37. The summed E-state index contributed by atoms with van der Waals surface area (Å²) < 4.78 is 24.6. The second-order valence-corrected chi connectivity index (χ2v) is 5.72. The highest BCUT2D eigenvalue weighted by molar-refractivity contribution is 6.36. The van der Waals surface area contributed by atoms with Crippen molar-refractivity contribution in [3.8, 4) is 5.75 Å². The molecule has 0 bridgehead atoms. The van der Waals surface area contributed by atoms with Crippen molar-refractivity contribution in [3.05, 3.63) is 39.0 Å². The van der Waals surface area contributed by atoms with Crippen molar-refractivity contribution in [1.82, 2.24) is 0 Å². The summed E-state index contributed by atoms with van der Waals surface area (Å²) >= 11 is 6.10. The molecule has 0 radical (unpaired) electrons. The monoisotopic (exact) mass is 284 g/mol. The average Bonchev–Trinajstić information content (AvgIpc) is 2.25. The summed E-state index contributed by atoms with van der Waals surface area (Å²) in [6.07, 6.45) is 0. The number of hydrogen-bond acceptors (Lipinski definition) is 3. The first-order valence-corrected chi connectivity index (χ1v) is 6.18. The average molecular weight is 285 g/mol. The molecule has 0 atom stereocenters. The molecule has 5 heteroatoms. The van der Waals surface area contributed by atoms with E-state index in [1.807, 2.05) is 0 Å². The molecule has 0 saturated heterocycles. The molecule has 0 N–H and O–H groups in total. The number of aryl methyl sites for hydroxylation is 1. The lowest BCUT2D eigenvalue weighted by Crippen LogP contribution is -2.23. The van der Waals surface area contributed by atoms with E-state index < -0.39 is 17.0 Å². The molecule has 0 spiro atoms. The molecule has 0 fully saturated rings. The molecule has 2 rings (SSSR count). The van der Waals surface area contributed by atoms with Gasteiger partial charge in [-0.05, 0) is 39.3 Å². The van der Waals surface area contributed by atoms with Crippen LogP contribution in [0, 0.1) is 12.7 Å². The lowest BCUT2D eigenvalue weighted by Gasteiger charge is -2.22. The van der Waals surface area contributed by atoms with Crippen molar-refractivity contribution in [1.29, 1.82) is 0 Å². The van der Waals surface area contributed by atoms with Crippen LogP contribution in [0.2, 0.25) is 5.02 Å². The minimum atomic E-state index is -0.609. The van der Waals surface area contributed by atoms with Crippen LogP contribution in [0.25, 0.3) is 11.0 Å². The van der Waals surface area contributed by atoms with E-state index in [0.29, 0.717) is 10.9 Å². The predicted octanol–water partition coefficient (Wildman–Crippen LogP) is 4.07. The number of hydrogen-bond donors (Lipinski definition) is 0. The maximum absolute atomic E-state index is 14.1. The van der Waals surface area contributed by atoms with Gasteiger partial charge in [0.15, 0.2) is 17.1 Å². The van der Waals surface area contributed by atoms with Gasteiger partial charge in [0.1, 0.15) is 10.6 Å². The van der Waals surface area contributed by atoms with Crippen LogP contribution in [0.15, 0.2) is 21.3 Å². The SMILES string of the molecule is Cc1cc(=O)oc2c(Cl)c(OC(C)(C)C)c(F)cc12. The Morgan fingerprint density at radius 1 is 1.32 bits per heavy atom. The lowest BCUT2D eigenvalue weighted by molar-refractivity contribution is 0.124. The van der Waals surface area contributed by atoms with Gasteiger partial charge < -0.3 is 9.15 Å². The van der Waals surface area contributed by atoms with Crippen molar-refractivity contribution in [3.63, 3.8) is 0 Å². The Balaban J connectivity index is 2.78. The molecule has 19 heavy (non-hydrogen) atoms. The maximum atomic E-state index is 14.1. The lowest BCUT2D eigenvalue weighted by atomic mass is 10.1. The molecule has 0 unspecified atom stereocenters. The molecule has 1 aromatic heterocycles. The Bertz CT molecular complexity index is 698. The van der Waals surface area contributed by atoms with E-state index in [-0.39, 0.29) is 16.4 Å². The highest BCUT2D eigenvalue weighted by Gasteiger charge is 2.22. The minimum Gasteiger partial charge on any atom is -0.483 e. The summed E-state index contributed by atoms with van der Waals surface area (Å²) in [5.74, 6) is -0.681. The predicted molar refractivity (Wildman–Crippen MR) is 72.6 cm³/mol. The molecule has 102 valence electrons. The van der Waals surface area contributed by atoms with Gasteiger partial charge >= 0.3 is 5.63 Å². The van der Waals surface area contributed by atoms with Crippen LogP contribution in [0.1, 0.15) is 26.3 Å². The quantitative estimate of drug-likeness (QED) is 0.741. The molecular formula is C14H14ClFO3. The molecule has 0 amide bonds. The zero-order chi connectivity index (χ0) is 14.4. The van der Waals surface area contributed by atoms with Crippen molar-refractivity contribution in [2.45, 2.75) is 33.3 Å². The standard InChI is InChI=1S/C14H14ClFO3/c1-7-5-10(17)18-12-8(7)6-9(16)13(11(12)15)19-14(2,3)4/h5-6H,1-4H3. The van der Waals surface area contributed by atoms with Crippen molar-refractivity contribution < 1.29 is 13.5 Å². The van der Waals surface area contributed by atoms with Gasteiger partial charge in [-0.25, -0.2) is 9.18 Å². The van der Waals surface area contributed by atoms with Crippen LogP contribution >= 0.6 is 11.6 Å². The first-order valence-electron chi connectivity index (χ1n) is 5.80. The fourth-order valence-corrected chi connectivity index (χ4v) is 2.03. The third kappa shape index (κ3) is 2.73. The molecule has 0 aliphatic carbocycles. The Morgan fingerprint density at radius 2 is 1.95 bits per heavy atom. The van der Waals surface area contributed by atoms with Gasteiger partial charge in [0.2, 0.25) is 0 Å². The van der Waals surface area contributed by atoms with Crippen LogP contribution in [0.3, 0.4) is 0 Å². The first-order chi connectivity index (χ1) is 8.69. The van der Waals surface area contributed by atoms with Gasteiger partial charge in [0.25, 0.3) is 0 Å². The van der Waals surface area contributed by atoms with E-state index in [9.17, 15) is 9.18 Å². The van der Waals surface area contributed by atoms with E-state index in [2.05, 4.69) is 0 Å². The largest absolute Gasteiger partial charge is 0.483 e. The summed E-state index contributed by atoms with van der Waals surface area (Å²) in [5.41, 5.74) is -0.385. The van der Waals surface area contributed by atoms with Gasteiger partial charge in [0, 0.05) is 11.5 Å². The maximum Gasteiger partial charge on any atom is 0.336 e. The summed E-state index contributed by atoms with van der Waals surface area (Å²) in [6.45, 7) is 7.03. The van der Waals surface area contributed by atoms with Crippen molar-refractivity contribution in [2.24, 2.45) is 0 Å². The van der Waals surface area contributed by atoms with Gasteiger partial charge in [-0.3, -0.25) is 0 Å².